The quantitative estimate of drug-likeness (QED) is 0.570. The Morgan fingerprint density at radius 2 is 2.04 bits per heavy atom. The van der Waals surface area contributed by atoms with E-state index >= 15 is 0 Å². The zero-order chi connectivity index (χ0) is 18.1. The standard InChI is InChI=1S/C20H16FN3OS/c1-13-7-8-16(21)17(9-13)22-19(25)10-15-12-26-20-23-18(11-24(15)20)14-5-3-2-4-6-14/h2-9,11-12H,10H2,1H3,(H,22,25). The zero-order valence-electron chi connectivity index (χ0n) is 14.1. The Labute approximate surface area is 153 Å². The van der Waals surface area contributed by atoms with E-state index in [1.807, 2.05) is 53.2 Å². The third-order valence-electron chi connectivity index (χ3n) is 4.09. The van der Waals surface area contributed by atoms with Gasteiger partial charge in [0.2, 0.25) is 5.91 Å². The van der Waals surface area contributed by atoms with Gasteiger partial charge in [-0.25, -0.2) is 9.37 Å². The molecule has 0 spiro atoms. The fourth-order valence-electron chi connectivity index (χ4n) is 2.80. The summed E-state index contributed by atoms with van der Waals surface area (Å²) in [6, 6.07) is 14.5. The molecular formula is C20H16FN3OS. The highest BCUT2D eigenvalue weighted by atomic mass is 32.1. The molecule has 0 saturated carbocycles. The number of rotatable bonds is 4. The third-order valence-corrected chi connectivity index (χ3v) is 4.98. The van der Waals surface area contributed by atoms with Crippen molar-refractivity contribution in [3.8, 4) is 11.3 Å². The molecule has 4 nitrogen and oxygen atoms in total. The van der Waals surface area contributed by atoms with Crippen molar-refractivity contribution in [3.63, 3.8) is 0 Å². The van der Waals surface area contributed by atoms with Crippen LogP contribution in [0.2, 0.25) is 0 Å². The lowest BCUT2D eigenvalue weighted by Crippen LogP contribution is -2.16. The van der Waals surface area contributed by atoms with Crippen molar-refractivity contribution < 1.29 is 9.18 Å². The van der Waals surface area contributed by atoms with Gasteiger partial charge in [0.25, 0.3) is 0 Å². The Morgan fingerprint density at radius 1 is 1.23 bits per heavy atom. The van der Waals surface area contributed by atoms with E-state index in [9.17, 15) is 9.18 Å². The largest absolute Gasteiger partial charge is 0.323 e. The van der Waals surface area contributed by atoms with Crippen LogP contribution in [0.1, 0.15) is 11.3 Å². The minimum absolute atomic E-state index is 0.151. The van der Waals surface area contributed by atoms with Gasteiger partial charge in [0.15, 0.2) is 4.96 Å². The maximum absolute atomic E-state index is 13.8. The summed E-state index contributed by atoms with van der Waals surface area (Å²) in [4.78, 5) is 17.8. The summed E-state index contributed by atoms with van der Waals surface area (Å²) < 4.78 is 15.7. The number of carbonyl (C=O) groups excluding carboxylic acids is 1. The van der Waals surface area contributed by atoms with Crippen LogP contribution in [-0.4, -0.2) is 15.3 Å². The lowest BCUT2D eigenvalue weighted by Gasteiger charge is -2.07. The molecule has 1 N–H and O–H groups in total. The number of anilines is 1. The molecule has 0 radical (unpaired) electrons. The van der Waals surface area contributed by atoms with Crippen molar-refractivity contribution in [3.05, 3.63) is 77.2 Å². The number of nitrogens with one attached hydrogen (secondary N) is 1. The summed E-state index contributed by atoms with van der Waals surface area (Å²) in [5, 5.41) is 4.56. The molecule has 4 aromatic rings. The highest BCUT2D eigenvalue weighted by Crippen LogP contribution is 2.24. The first kappa shape index (κ1) is 16.5. The van der Waals surface area contributed by atoms with Gasteiger partial charge >= 0.3 is 0 Å². The predicted molar refractivity (Wildman–Crippen MR) is 102 cm³/mol. The summed E-state index contributed by atoms with van der Waals surface area (Å²) in [6.45, 7) is 1.86. The fraction of sp³-hybridized carbons (Fsp3) is 0.100. The maximum atomic E-state index is 13.8. The molecule has 0 atom stereocenters. The van der Waals surface area contributed by atoms with Crippen LogP contribution < -0.4 is 5.32 Å². The van der Waals surface area contributed by atoms with Gasteiger partial charge in [-0.15, -0.1) is 11.3 Å². The molecule has 2 aromatic heterocycles. The van der Waals surface area contributed by atoms with Gasteiger partial charge in [0.1, 0.15) is 5.82 Å². The Hall–Kier alpha value is -2.99. The van der Waals surface area contributed by atoms with E-state index in [0.29, 0.717) is 0 Å². The Balaban J connectivity index is 1.56. The van der Waals surface area contributed by atoms with Gasteiger partial charge in [-0.05, 0) is 24.6 Å². The number of hydrogen-bond donors (Lipinski definition) is 1. The normalized spacial score (nSPS) is 11.0. The summed E-state index contributed by atoms with van der Waals surface area (Å²) in [5.74, 6) is -0.697. The second-order valence-electron chi connectivity index (χ2n) is 6.08. The van der Waals surface area contributed by atoms with E-state index in [0.717, 1.165) is 27.5 Å². The smallest absolute Gasteiger partial charge is 0.230 e. The molecule has 0 saturated heterocycles. The van der Waals surface area contributed by atoms with E-state index < -0.39 is 5.82 Å². The van der Waals surface area contributed by atoms with E-state index in [2.05, 4.69) is 10.3 Å². The van der Waals surface area contributed by atoms with Crippen LogP contribution in [0.5, 0.6) is 0 Å². The molecule has 0 aliphatic rings. The van der Waals surface area contributed by atoms with Gasteiger partial charge in [0, 0.05) is 22.8 Å². The average Bonchev–Trinajstić information content (AvgIpc) is 3.21. The molecule has 0 aliphatic heterocycles. The number of aryl methyl sites for hydroxylation is 1. The third kappa shape index (κ3) is 3.23. The van der Waals surface area contributed by atoms with Gasteiger partial charge in [-0.3, -0.25) is 9.20 Å². The van der Waals surface area contributed by atoms with Crippen molar-refractivity contribution >= 4 is 27.9 Å². The second kappa shape index (κ2) is 6.72. The molecule has 6 heteroatoms. The molecule has 4 rings (SSSR count). The van der Waals surface area contributed by atoms with E-state index in [1.54, 1.807) is 12.1 Å². The Morgan fingerprint density at radius 3 is 2.85 bits per heavy atom. The molecule has 0 bridgehead atoms. The van der Waals surface area contributed by atoms with Crippen LogP contribution in [0.3, 0.4) is 0 Å². The number of fused-ring (bicyclic) bond motifs is 1. The molecule has 0 fully saturated rings. The summed E-state index contributed by atoms with van der Waals surface area (Å²) in [6.07, 6.45) is 2.08. The predicted octanol–water partition coefficient (Wildman–Crippen LogP) is 4.69. The number of halogens is 1. The first-order valence-electron chi connectivity index (χ1n) is 8.17. The fourth-order valence-corrected chi connectivity index (χ4v) is 3.67. The van der Waals surface area contributed by atoms with E-state index in [4.69, 9.17) is 0 Å². The lowest BCUT2D eigenvalue weighted by atomic mass is 10.2. The van der Waals surface area contributed by atoms with Crippen molar-refractivity contribution in [1.82, 2.24) is 9.38 Å². The topological polar surface area (TPSA) is 46.4 Å². The Bertz CT molecular complexity index is 1090. The summed E-state index contributed by atoms with van der Waals surface area (Å²) in [7, 11) is 0. The number of hydrogen-bond acceptors (Lipinski definition) is 3. The van der Waals surface area contributed by atoms with Gasteiger partial charge in [0.05, 0.1) is 17.8 Å². The van der Waals surface area contributed by atoms with Crippen LogP contribution in [0.15, 0.2) is 60.1 Å². The number of nitrogens with zero attached hydrogens (tertiary/aromatic N) is 2. The highest BCUT2D eigenvalue weighted by molar-refractivity contribution is 7.15. The van der Waals surface area contributed by atoms with Crippen molar-refractivity contribution in [2.24, 2.45) is 0 Å². The maximum Gasteiger partial charge on any atom is 0.230 e. The molecule has 26 heavy (non-hydrogen) atoms. The zero-order valence-corrected chi connectivity index (χ0v) is 14.9. The van der Waals surface area contributed by atoms with Crippen LogP contribution in [0.4, 0.5) is 10.1 Å². The average molecular weight is 365 g/mol. The molecular weight excluding hydrogens is 349 g/mol. The number of aromatic nitrogens is 2. The van der Waals surface area contributed by atoms with Gasteiger partial charge in [-0.2, -0.15) is 0 Å². The molecule has 0 unspecified atom stereocenters. The Kier molecular flexibility index (Phi) is 4.26. The molecule has 2 aromatic carbocycles. The van der Waals surface area contributed by atoms with Gasteiger partial charge < -0.3 is 5.32 Å². The SMILES string of the molecule is Cc1ccc(F)c(NC(=O)Cc2csc3nc(-c4ccccc4)cn23)c1. The minimum atomic E-state index is -0.437. The monoisotopic (exact) mass is 365 g/mol. The number of benzene rings is 2. The van der Waals surface area contributed by atoms with Crippen LogP contribution in [0, 0.1) is 12.7 Å². The van der Waals surface area contributed by atoms with Crippen LogP contribution in [-0.2, 0) is 11.2 Å². The molecule has 2 heterocycles. The van der Waals surface area contributed by atoms with Crippen molar-refractivity contribution in [1.29, 1.82) is 0 Å². The first-order chi connectivity index (χ1) is 12.6. The van der Waals surface area contributed by atoms with E-state index in [-0.39, 0.29) is 18.0 Å². The first-order valence-corrected chi connectivity index (χ1v) is 9.05. The number of amides is 1. The molecule has 130 valence electrons. The molecule has 1 amide bonds. The molecule has 0 aliphatic carbocycles. The highest BCUT2D eigenvalue weighted by Gasteiger charge is 2.14. The van der Waals surface area contributed by atoms with E-state index in [1.165, 1.54) is 17.4 Å². The summed E-state index contributed by atoms with van der Waals surface area (Å²) in [5.41, 5.74) is 3.81. The second-order valence-corrected chi connectivity index (χ2v) is 6.92. The van der Waals surface area contributed by atoms with Crippen molar-refractivity contribution in [2.75, 3.05) is 5.32 Å². The van der Waals surface area contributed by atoms with Gasteiger partial charge in [-0.1, -0.05) is 36.4 Å². The van der Waals surface area contributed by atoms with Crippen LogP contribution in [0.25, 0.3) is 16.2 Å². The van der Waals surface area contributed by atoms with Crippen LogP contribution >= 0.6 is 11.3 Å². The lowest BCUT2D eigenvalue weighted by molar-refractivity contribution is -0.115. The van der Waals surface area contributed by atoms with Crippen molar-refractivity contribution in [2.45, 2.75) is 13.3 Å². The minimum Gasteiger partial charge on any atom is -0.323 e. The number of thiazole rings is 1. The number of imidazole rings is 1. The summed E-state index contributed by atoms with van der Waals surface area (Å²) >= 11 is 1.48. The number of carbonyl (C=O) groups is 1.